The summed E-state index contributed by atoms with van der Waals surface area (Å²) in [6.45, 7) is 6.99. The highest BCUT2D eigenvalue weighted by Crippen LogP contribution is 2.06. The fraction of sp³-hybridized carbons (Fsp3) is 0.438. The van der Waals surface area contributed by atoms with Gasteiger partial charge in [-0.05, 0) is 12.0 Å². The van der Waals surface area contributed by atoms with Crippen LogP contribution in [0.15, 0.2) is 43.0 Å². The minimum Gasteiger partial charge on any atom is -0.375 e. The van der Waals surface area contributed by atoms with E-state index in [1.807, 2.05) is 41.3 Å². The molecule has 1 aromatic carbocycles. The lowest BCUT2D eigenvalue weighted by atomic mass is 10.2. The fourth-order valence-electron chi connectivity index (χ4n) is 2.26. The lowest BCUT2D eigenvalue weighted by molar-refractivity contribution is -0.137. The summed E-state index contributed by atoms with van der Waals surface area (Å²) in [5.41, 5.74) is 1.12. The Hall–Kier alpha value is -1.65. The molecule has 0 radical (unpaired) electrons. The quantitative estimate of drug-likeness (QED) is 0.768. The number of amides is 1. The van der Waals surface area contributed by atoms with Crippen LogP contribution in [0.25, 0.3) is 0 Å². The van der Waals surface area contributed by atoms with Crippen LogP contribution in [0.2, 0.25) is 0 Å². The molecule has 1 N–H and O–H groups in total. The molecule has 1 amide bonds. The molecule has 0 aromatic heterocycles. The highest BCUT2D eigenvalue weighted by Gasteiger charge is 2.27. The number of nitrogens with one attached hydrogen (secondary N) is 1. The van der Waals surface area contributed by atoms with Crippen LogP contribution in [0.3, 0.4) is 0 Å². The molecule has 1 aliphatic heterocycles. The molecular formula is C16H22N2O2. The van der Waals surface area contributed by atoms with E-state index >= 15 is 0 Å². The molecule has 0 aliphatic carbocycles. The van der Waals surface area contributed by atoms with E-state index in [1.54, 1.807) is 0 Å². The fourth-order valence-corrected chi connectivity index (χ4v) is 2.26. The molecule has 1 aromatic rings. The Bertz CT molecular complexity index is 433. The monoisotopic (exact) mass is 274 g/mol. The zero-order valence-electron chi connectivity index (χ0n) is 11.8. The average molecular weight is 274 g/mol. The Labute approximate surface area is 120 Å². The highest BCUT2D eigenvalue weighted by molar-refractivity contribution is 5.82. The summed E-state index contributed by atoms with van der Waals surface area (Å²) >= 11 is 0. The van der Waals surface area contributed by atoms with Crippen molar-refractivity contribution < 1.29 is 9.53 Å². The molecule has 0 spiro atoms. The number of nitrogens with zero attached hydrogens (tertiary/aromatic N) is 1. The van der Waals surface area contributed by atoms with E-state index in [4.69, 9.17) is 4.74 Å². The molecular weight excluding hydrogens is 252 g/mol. The first-order valence-corrected chi connectivity index (χ1v) is 7.06. The van der Waals surface area contributed by atoms with Gasteiger partial charge < -0.3 is 15.0 Å². The van der Waals surface area contributed by atoms with Crippen LogP contribution in [-0.4, -0.2) is 43.1 Å². The lowest BCUT2D eigenvalue weighted by Crippen LogP contribution is -2.56. The van der Waals surface area contributed by atoms with Crippen molar-refractivity contribution >= 4 is 5.91 Å². The number of hydrogen-bond donors (Lipinski definition) is 1. The number of rotatable bonds is 7. The number of ether oxygens (including phenoxy) is 1. The van der Waals surface area contributed by atoms with E-state index in [-0.39, 0.29) is 11.9 Å². The molecule has 1 aliphatic rings. The van der Waals surface area contributed by atoms with Crippen molar-refractivity contribution in [3.05, 3.63) is 48.6 Å². The van der Waals surface area contributed by atoms with E-state index in [0.717, 1.165) is 31.6 Å². The summed E-state index contributed by atoms with van der Waals surface area (Å²) in [6.07, 6.45) is 2.68. The second-order valence-electron chi connectivity index (χ2n) is 4.91. The highest BCUT2D eigenvalue weighted by atomic mass is 16.5. The lowest BCUT2D eigenvalue weighted by Gasteiger charge is -2.32. The first-order valence-electron chi connectivity index (χ1n) is 7.06. The van der Waals surface area contributed by atoms with Crippen molar-refractivity contribution in [3.8, 4) is 0 Å². The van der Waals surface area contributed by atoms with Crippen LogP contribution in [0.4, 0.5) is 0 Å². The maximum Gasteiger partial charge on any atom is 0.242 e. The van der Waals surface area contributed by atoms with Crippen LogP contribution in [0, 0.1) is 0 Å². The van der Waals surface area contributed by atoms with Gasteiger partial charge in [0.15, 0.2) is 0 Å². The summed E-state index contributed by atoms with van der Waals surface area (Å²) in [5.74, 6) is 0.131. The third kappa shape index (κ3) is 4.18. The smallest absolute Gasteiger partial charge is 0.242 e. The predicted octanol–water partition coefficient (Wildman–Crippen LogP) is 1.58. The van der Waals surface area contributed by atoms with Gasteiger partial charge in [0.25, 0.3) is 0 Å². The van der Waals surface area contributed by atoms with Crippen molar-refractivity contribution in [1.82, 2.24) is 10.2 Å². The van der Waals surface area contributed by atoms with E-state index in [9.17, 15) is 4.79 Å². The molecule has 1 atom stereocenters. The van der Waals surface area contributed by atoms with Gasteiger partial charge in [-0.25, -0.2) is 0 Å². The van der Waals surface area contributed by atoms with Crippen LogP contribution in [0.5, 0.6) is 0 Å². The average Bonchev–Trinajstić information content (AvgIpc) is 2.49. The van der Waals surface area contributed by atoms with E-state index in [2.05, 4.69) is 11.9 Å². The summed E-state index contributed by atoms with van der Waals surface area (Å²) in [7, 11) is 0. The first kappa shape index (κ1) is 14.8. The maximum absolute atomic E-state index is 12.2. The number of carbonyl (C=O) groups excluding carboxylic acids is 1. The molecule has 4 nitrogen and oxygen atoms in total. The molecule has 0 bridgehead atoms. The van der Waals surface area contributed by atoms with Crippen molar-refractivity contribution in [2.45, 2.75) is 19.1 Å². The number of benzene rings is 1. The Morgan fingerprint density at radius 3 is 2.95 bits per heavy atom. The van der Waals surface area contributed by atoms with Gasteiger partial charge in [0.1, 0.15) is 6.04 Å². The molecule has 0 saturated carbocycles. The summed E-state index contributed by atoms with van der Waals surface area (Å²) in [5, 5.41) is 3.22. The van der Waals surface area contributed by atoms with Crippen molar-refractivity contribution in [2.75, 3.05) is 26.2 Å². The molecule has 108 valence electrons. The number of piperazine rings is 1. The molecule has 2 rings (SSSR count). The van der Waals surface area contributed by atoms with Crippen LogP contribution < -0.4 is 5.32 Å². The third-order valence-electron chi connectivity index (χ3n) is 3.38. The van der Waals surface area contributed by atoms with Crippen LogP contribution in [-0.2, 0) is 16.1 Å². The second kappa shape index (κ2) is 7.82. The molecule has 0 unspecified atom stereocenters. The molecule has 1 heterocycles. The molecule has 4 heteroatoms. The third-order valence-corrected chi connectivity index (χ3v) is 3.38. The van der Waals surface area contributed by atoms with Gasteiger partial charge in [0.2, 0.25) is 5.91 Å². The van der Waals surface area contributed by atoms with E-state index in [0.29, 0.717) is 13.2 Å². The zero-order valence-corrected chi connectivity index (χ0v) is 11.8. The van der Waals surface area contributed by atoms with Crippen molar-refractivity contribution in [3.63, 3.8) is 0 Å². The van der Waals surface area contributed by atoms with E-state index in [1.165, 1.54) is 0 Å². The topological polar surface area (TPSA) is 41.6 Å². The zero-order chi connectivity index (χ0) is 14.2. The Kier molecular flexibility index (Phi) is 5.77. The van der Waals surface area contributed by atoms with Gasteiger partial charge in [-0.1, -0.05) is 36.4 Å². The standard InChI is InChI=1S/C16H22N2O2/c1-2-3-10-18-11-9-17-15(16(18)19)13-20-12-14-7-5-4-6-8-14/h2,4-8,15,17H,1,3,9-13H2/t15-/m0/s1. The Morgan fingerprint density at radius 1 is 1.40 bits per heavy atom. The molecule has 1 fully saturated rings. The Balaban J connectivity index is 1.77. The largest absolute Gasteiger partial charge is 0.375 e. The van der Waals surface area contributed by atoms with Gasteiger partial charge in [-0.3, -0.25) is 4.79 Å². The Morgan fingerprint density at radius 2 is 2.20 bits per heavy atom. The van der Waals surface area contributed by atoms with Gasteiger partial charge in [-0.15, -0.1) is 6.58 Å². The van der Waals surface area contributed by atoms with Gasteiger partial charge >= 0.3 is 0 Å². The molecule has 1 saturated heterocycles. The van der Waals surface area contributed by atoms with Gasteiger partial charge in [-0.2, -0.15) is 0 Å². The van der Waals surface area contributed by atoms with Gasteiger partial charge in [0, 0.05) is 19.6 Å². The SMILES string of the molecule is C=CCCN1CCN[C@@H](COCc2ccccc2)C1=O. The van der Waals surface area contributed by atoms with Crippen LogP contribution >= 0.6 is 0 Å². The predicted molar refractivity (Wildman–Crippen MR) is 79.3 cm³/mol. The van der Waals surface area contributed by atoms with Crippen molar-refractivity contribution in [2.24, 2.45) is 0 Å². The minimum absolute atomic E-state index is 0.131. The first-order chi connectivity index (χ1) is 9.81. The van der Waals surface area contributed by atoms with E-state index < -0.39 is 0 Å². The summed E-state index contributed by atoms with van der Waals surface area (Å²) in [4.78, 5) is 14.1. The maximum atomic E-state index is 12.2. The number of hydrogen-bond acceptors (Lipinski definition) is 3. The van der Waals surface area contributed by atoms with Crippen molar-refractivity contribution in [1.29, 1.82) is 0 Å². The minimum atomic E-state index is -0.225. The normalized spacial score (nSPS) is 19.1. The summed E-state index contributed by atoms with van der Waals surface area (Å²) in [6, 6.07) is 9.77. The van der Waals surface area contributed by atoms with Gasteiger partial charge in [0.05, 0.1) is 13.2 Å². The molecule has 20 heavy (non-hydrogen) atoms. The second-order valence-corrected chi connectivity index (χ2v) is 4.91. The summed E-state index contributed by atoms with van der Waals surface area (Å²) < 4.78 is 5.65. The number of carbonyl (C=O) groups is 1. The van der Waals surface area contributed by atoms with Crippen LogP contribution in [0.1, 0.15) is 12.0 Å².